The van der Waals surface area contributed by atoms with Gasteiger partial charge in [-0.25, -0.2) is 4.68 Å². The van der Waals surface area contributed by atoms with Crippen molar-refractivity contribution < 1.29 is 23.1 Å². The van der Waals surface area contributed by atoms with Crippen molar-refractivity contribution in [3.8, 4) is 0 Å². The fraction of sp³-hybridized carbons (Fsp3) is 0.500. The van der Waals surface area contributed by atoms with Crippen molar-refractivity contribution in [1.29, 1.82) is 0 Å². The number of aliphatic hydroxyl groups excluding tert-OH is 1. The van der Waals surface area contributed by atoms with Crippen LogP contribution in [-0.2, 0) is 13.0 Å². The second kappa shape index (κ2) is 11.2. The molecule has 12 heteroatoms. The van der Waals surface area contributed by atoms with E-state index in [4.69, 9.17) is 0 Å². The smallest absolute Gasteiger partial charge is 0.387 e. The van der Waals surface area contributed by atoms with Gasteiger partial charge in [-0.15, -0.1) is 5.10 Å². The Morgan fingerprint density at radius 3 is 2.53 bits per heavy atom. The Kier molecular flexibility index (Phi) is 7.70. The maximum absolute atomic E-state index is 13.0. The summed E-state index contributed by atoms with van der Waals surface area (Å²) >= 11 is 0. The molecule has 1 aromatic carbocycles. The molecule has 38 heavy (non-hydrogen) atoms. The fourth-order valence-electron chi connectivity index (χ4n) is 5.39. The molecular weight excluding hydrogens is 499 g/mol. The van der Waals surface area contributed by atoms with Gasteiger partial charge in [0.15, 0.2) is 5.82 Å². The molecule has 0 radical (unpaired) electrons. The van der Waals surface area contributed by atoms with Crippen molar-refractivity contribution in [3.05, 3.63) is 71.3 Å². The number of aliphatic hydroxyl groups is 1. The number of nitrogens with one attached hydrogen (secondary N) is 1. The first-order valence-electron chi connectivity index (χ1n) is 12.8. The van der Waals surface area contributed by atoms with Gasteiger partial charge in [-0.05, 0) is 59.7 Å². The molecule has 0 spiro atoms. The van der Waals surface area contributed by atoms with E-state index in [1.165, 1.54) is 0 Å². The highest BCUT2D eigenvalue weighted by Crippen LogP contribution is 2.29. The lowest BCUT2D eigenvalue weighted by molar-refractivity contribution is -0.143. The quantitative estimate of drug-likeness (QED) is 0.484. The SMILES string of the molecule is O=C(c1ccc(C[C@@H]2CC[C@H](C(O)c3ccccc3)N2)cn1)N1CCC(c2nnnn2CC(F)(F)F)CC1. The van der Waals surface area contributed by atoms with E-state index in [2.05, 4.69) is 25.8 Å². The average molecular weight is 530 g/mol. The van der Waals surface area contributed by atoms with E-state index in [0.717, 1.165) is 35.1 Å². The van der Waals surface area contributed by atoms with Crippen molar-refractivity contribution in [3.63, 3.8) is 0 Å². The van der Waals surface area contributed by atoms with Crippen LogP contribution < -0.4 is 5.32 Å². The molecule has 2 fully saturated rings. The van der Waals surface area contributed by atoms with Crippen LogP contribution in [0.2, 0.25) is 0 Å². The second-order valence-corrected chi connectivity index (χ2v) is 10.0. The lowest BCUT2D eigenvalue weighted by Crippen LogP contribution is -2.39. The lowest BCUT2D eigenvalue weighted by Gasteiger charge is -2.31. The van der Waals surface area contributed by atoms with Gasteiger partial charge in [0.25, 0.3) is 5.91 Å². The van der Waals surface area contributed by atoms with Crippen LogP contribution in [0.5, 0.6) is 0 Å². The first-order valence-corrected chi connectivity index (χ1v) is 12.8. The molecule has 3 atom stereocenters. The number of rotatable bonds is 7. The number of hydrogen-bond acceptors (Lipinski definition) is 7. The molecule has 2 saturated heterocycles. The van der Waals surface area contributed by atoms with E-state index in [1.807, 2.05) is 36.4 Å². The number of tetrazole rings is 1. The Balaban J connectivity index is 1.12. The topological polar surface area (TPSA) is 109 Å². The molecule has 2 aliphatic rings. The van der Waals surface area contributed by atoms with Crippen LogP contribution in [0, 0.1) is 0 Å². The van der Waals surface area contributed by atoms with Crippen molar-refractivity contribution in [2.24, 2.45) is 0 Å². The molecule has 4 heterocycles. The maximum Gasteiger partial charge on any atom is 0.408 e. The summed E-state index contributed by atoms with van der Waals surface area (Å²) in [6, 6.07) is 13.5. The Labute approximate surface area is 218 Å². The molecule has 9 nitrogen and oxygen atoms in total. The van der Waals surface area contributed by atoms with Crippen LogP contribution in [0.25, 0.3) is 0 Å². The van der Waals surface area contributed by atoms with E-state index in [0.29, 0.717) is 31.6 Å². The lowest BCUT2D eigenvalue weighted by atomic mass is 9.95. The number of halogens is 3. The Bertz CT molecular complexity index is 1210. The summed E-state index contributed by atoms with van der Waals surface area (Å²) in [5.74, 6) is -0.235. The van der Waals surface area contributed by atoms with E-state index in [1.54, 1.807) is 17.2 Å². The maximum atomic E-state index is 13.0. The molecule has 0 saturated carbocycles. The zero-order valence-corrected chi connectivity index (χ0v) is 20.8. The number of aromatic nitrogens is 5. The van der Waals surface area contributed by atoms with Crippen molar-refractivity contribution in [2.45, 2.75) is 68.9 Å². The van der Waals surface area contributed by atoms with E-state index >= 15 is 0 Å². The Morgan fingerprint density at radius 2 is 1.84 bits per heavy atom. The number of nitrogens with zero attached hydrogens (tertiary/aromatic N) is 6. The highest BCUT2D eigenvalue weighted by molar-refractivity contribution is 5.92. The zero-order chi connectivity index (χ0) is 26.7. The van der Waals surface area contributed by atoms with E-state index < -0.39 is 18.8 Å². The molecule has 5 rings (SSSR count). The van der Waals surface area contributed by atoms with E-state index in [9.17, 15) is 23.1 Å². The summed E-state index contributed by atoms with van der Waals surface area (Å²) in [4.78, 5) is 19.0. The number of alkyl halides is 3. The second-order valence-electron chi connectivity index (χ2n) is 10.0. The summed E-state index contributed by atoms with van der Waals surface area (Å²) in [6.07, 6.45) is 0.278. The largest absolute Gasteiger partial charge is 0.408 e. The Hall–Kier alpha value is -3.38. The number of piperidine rings is 1. The molecule has 0 bridgehead atoms. The average Bonchev–Trinajstić information content (AvgIpc) is 3.57. The van der Waals surface area contributed by atoms with Crippen LogP contribution in [0.3, 0.4) is 0 Å². The summed E-state index contributed by atoms with van der Waals surface area (Å²) in [5, 5.41) is 24.9. The molecule has 2 aromatic heterocycles. The minimum atomic E-state index is -4.41. The highest BCUT2D eigenvalue weighted by Gasteiger charge is 2.34. The van der Waals surface area contributed by atoms with Gasteiger partial charge < -0.3 is 15.3 Å². The Morgan fingerprint density at radius 1 is 1.08 bits per heavy atom. The van der Waals surface area contributed by atoms with Crippen LogP contribution >= 0.6 is 0 Å². The predicted octanol–water partition coefficient (Wildman–Crippen LogP) is 3.05. The van der Waals surface area contributed by atoms with Crippen LogP contribution in [-0.4, -0.2) is 72.5 Å². The van der Waals surface area contributed by atoms with Gasteiger partial charge in [-0.1, -0.05) is 36.4 Å². The summed E-state index contributed by atoms with van der Waals surface area (Å²) in [6.45, 7) is -0.443. The normalized spacial score (nSPS) is 21.5. The molecule has 2 aliphatic heterocycles. The molecular formula is C26H30F3N7O2. The zero-order valence-electron chi connectivity index (χ0n) is 20.8. The van der Waals surface area contributed by atoms with Gasteiger partial charge in [0.05, 0.1) is 6.10 Å². The van der Waals surface area contributed by atoms with Crippen molar-refractivity contribution >= 4 is 5.91 Å². The minimum Gasteiger partial charge on any atom is -0.387 e. The summed E-state index contributed by atoms with van der Waals surface area (Å²) < 4.78 is 39.2. The molecule has 1 amide bonds. The third-order valence-corrected chi connectivity index (χ3v) is 7.36. The van der Waals surface area contributed by atoms with Crippen LogP contribution in [0.15, 0.2) is 48.7 Å². The monoisotopic (exact) mass is 529 g/mol. The summed E-state index contributed by atoms with van der Waals surface area (Å²) in [5.41, 5.74) is 2.24. The highest BCUT2D eigenvalue weighted by atomic mass is 19.4. The third kappa shape index (κ3) is 6.18. The van der Waals surface area contributed by atoms with E-state index in [-0.39, 0.29) is 29.7 Å². The third-order valence-electron chi connectivity index (χ3n) is 7.36. The minimum absolute atomic E-state index is 0.00257. The fourth-order valence-corrected chi connectivity index (χ4v) is 5.39. The number of pyridine rings is 1. The van der Waals surface area contributed by atoms with Crippen LogP contribution in [0.4, 0.5) is 13.2 Å². The number of hydrogen-bond donors (Lipinski definition) is 2. The van der Waals surface area contributed by atoms with Crippen molar-refractivity contribution in [2.75, 3.05) is 13.1 Å². The molecule has 0 aliphatic carbocycles. The first-order chi connectivity index (χ1) is 18.3. The van der Waals surface area contributed by atoms with Gasteiger partial charge in [0.2, 0.25) is 0 Å². The van der Waals surface area contributed by atoms with Crippen LogP contribution in [0.1, 0.15) is 65.1 Å². The molecule has 3 aromatic rings. The number of carbonyl (C=O) groups is 1. The van der Waals surface area contributed by atoms with Gasteiger partial charge in [-0.3, -0.25) is 9.78 Å². The molecule has 2 N–H and O–H groups in total. The number of amides is 1. The van der Waals surface area contributed by atoms with Gasteiger partial charge in [0.1, 0.15) is 12.2 Å². The van der Waals surface area contributed by atoms with Gasteiger partial charge >= 0.3 is 6.18 Å². The van der Waals surface area contributed by atoms with Gasteiger partial charge in [-0.2, -0.15) is 13.2 Å². The number of likely N-dealkylation sites (tertiary alicyclic amines) is 1. The summed E-state index contributed by atoms with van der Waals surface area (Å²) in [7, 11) is 0. The first kappa shape index (κ1) is 26.2. The van der Waals surface area contributed by atoms with Crippen molar-refractivity contribution in [1.82, 2.24) is 35.4 Å². The molecule has 1 unspecified atom stereocenters. The standard InChI is InChI=1S/C26H30F3N7O2/c27-26(28,29)16-36-24(32-33-34-36)19-10-12-35(13-11-19)25(38)22-8-6-17(15-30-22)14-20-7-9-21(31-20)23(37)18-4-2-1-3-5-18/h1-6,8,15,19-21,23,31,37H,7,9-14,16H2/t20-,21+,23?/m0/s1. The number of carbonyl (C=O) groups excluding carboxylic acids is 1. The number of benzene rings is 1. The predicted molar refractivity (Wildman–Crippen MR) is 131 cm³/mol. The molecule has 202 valence electrons. The van der Waals surface area contributed by atoms with Gasteiger partial charge in [0, 0.05) is 37.3 Å².